The van der Waals surface area contributed by atoms with E-state index in [-0.39, 0.29) is 25.5 Å². The van der Waals surface area contributed by atoms with Crippen LogP contribution in [0.2, 0.25) is 0 Å². The molecular formula is C24H25F4N5O2. The van der Waals surface area contributed by atoms with Gasteiger partial charge in [-0.1, -0.05) is 0 Å². The lowest BCUT2D eigenvalue weighted by Crippen LogP contribution is -2.52. The van der Waals surface area contributed by atoms with Gasteiger partial charge in [-0.15, -0.1) is 0 Å². The molecule has 0 bridgehead atoms. The maximum Gasteiger partial charge on any atom is 0.257 e. The first-order chi connectivity index (χ1) is 16.5. The van der Waals surface area contributed by atoms with Crippen LogP contribution < -0.4 is 10.0 Å². The normalized spacial score (nSPS) is 18.9. The maximum absolute atomic E-state index is 14.6. The topological polar surface area (TPSA) is 77.1 Å². The quantitative estimate of drug-likeness (QED) is 0.325. The lowest BCUT2D eigenvalue weighted by Gasteiger charge is -2.40. The Hall–Kier alpha value is -3.47. The summed E-state index contributed by atoms with van der Waals surface area (Å²) in [4.78, 5) is 18.9. The third-order valence-corrected chi connectivity index (χ3v) is 6.32. The number of hydrogen-bond acceptors (Lipinski definition) is 4. The van der Waals surface area contributed by atoms with Gasteiger partial charge < -0.3 is 15.1 Å². The Kier molecular flexibility index (Phi) is 6.79. The molecular weight excluding hydrogens is 466 g/mol. The van der Waals surface area contributed by atoms with Gasteiger partial charge in [0.05, 0.1) is 12.0 Å². The van der Waals surface area contributed by atoms with E-state index in [4.69, 9.17) is 0 Å². The van der Waals surface area contributed by atoms with Crippen molar-refractivity contribution >= 4 is 11.7 Å². The molecule has 1 saturated heterocycles. The molecule has 0 spiro atoms. The molecule has 1 aromatic carbocycles. The number of nitrogens with zero attached hydrogens (tertiary/aromatic N) is 4. The number of halogens is 4. The molecule has 186 valence electrons. The predicted octanol–water partition coefficient (Wildman–Crippen LogP) is 3.60. The van der Waals surface area contributed by atoms with Crippen LogP contribution in [0.4, 0.5) is 23.4 Å². The Morgan fingerprint density at radius 3 is 2.57 bits per heavy atom. The number of piperidine rings is 1. The monoisotopic (exact) mass is 491 g/mol. The van der Waals surface area contributed by atoms with Gasteiger partial charge in [-0.25, -0.2) is 22.5 Å². The summed E-state index contributed by atoms with van der Waals surface area (Å²) in [6.07, 6.45) is 3.49. The lowest BCUT2D eigenvalue weighted by molar-refractivity contribution is -0.605. The van der Waals surface area contributed by atoms with E-state index >= 15 is 0 Å². The molecule has 2 aromatic heterocycles. The van der Waals surface area contributed by atoms with Crippen LogP contribution in [-0.2, 0) is 11.3 Å². The van der Waals surface area contributed by atoms with E-state index in [9.17, 15) is 27.6 Å². The molecule has 3 heterocycles. The fourth-order valence-electron chi connectivity index (χ4n) is 4.31. The van der Waals surface area contributed by atoms with Crippen LogP contribution in [0.25, 0.3) is 0 Å². The van der Waals surface area contributed by atoms with Crippen LogP contribution in [0.1, 0.15) is 36.2 Å². The number of carbonyl (C=O) groups is 1. The number of anilines is 1. The van der Waals surface area contributed by atoms with Gasteiger partial charge in [-0.05, 0) is 37.1 Å². The average molecular weight is 491 g/mol. The number of likely N-dealkylation sites (tertiary alicyclic amines) is 1. The molecule has 4 rings (SSSR count). The Bertz CT molecular complexity index is 1190. The summed E-state index contributed by atoms with van der Waals surface area (Å²) in [5.41, 5.74) is 0.737. The number of rotatable bonds is 6. The fourth-order valence-corrected chi connectivity index (χ4v) is 4.31. The Morgan fingerprint density at radius 2 is 1.91 bits per heavy atom. The van der Waals surface area contributed by atoms with Gasteiger partial charge in [0, 0.05) is 50.5 Å². The Morgan fingerprint density at radius 1 is 1.26 bits per heavy atom. The summed E-state index contributed by atoms with van der Waals surface area (Å²) in [5.74, 6) is -5.13. The predicted molar refractivity (Wildman–Crippen MR) is 120 cm³/mol. The number of benzene rings is 1. The van der Waals surface area contributed by atoms with Gasteiger partial charge in [0.25, 0.3) is 5.92 Å². The maximum atomic E-state index is 14.6. The molecule has 0 aliphatic carbocycles. The number of pyridine rings is 1. The molecule has 1 fully saturated rings. The second-order valence-corrected chi connectivity index (χ2v) is 8.79. The molecule has 0 unspecified atom stereocenters. The van der Waals surface area contributed by atoms with E-state index in [1.807, 2.05) is 0 Å². The van der Waals surface area contributed by atoms with E-state index in [0.717, 1.165) is 6.07 Å². The van der Waals surface area contributed by atoms with E-state index in [1.165, 1.54) is 36.7 Å². The molecule has 11 heteroatoms. The van der Waals surface area contributed by atoms with Crippen LogP contribution in [-0.4, -0.2) is 45.4 Å². The van der Waals surface area contributed by atoms with Crippen LogP contribution in [0, 0.1) is 23.8 Å². The van der Waals surface area contributed by atoms with E-state index < -0.39 is 41.8 Å². The second-order valence-electron chi connectivity index (χ2n) is 8.79. The van der Waals surface area contributed by atoms with E-state index in [2.05, 4.69) is 10.3 Å². The first-order valence-electron chi connectivity index (χ1n) is 11.1. The second kappa shape index (κ2) is 9.65. The van der Waals surface area contributed by atoms with Crippen molar-refractivity contribution in [2.45, 2.75) is 44.7 Å². The highest BCUT2D eigenvalue weighted by atomic mass is 19.3. The highest BCUT2D eigenvalue weighted by Gasteiger charge is 2.46. The number of alkyl halides is 2. The lowest BCUT2D eigenvalue weighted by atomic mass is 9.87. The van der Waals surface area contributed by atoms with Crippen LogP contribution in [0.3, 0.4) is 0 Å². The molecule has 35 heavy (non-hydrogen) atoms. The zero-order chi connectivity index (χ0) is 25.3. The van der Waals surface area contributed by atoms with Crippen molar-refractivity contribution in [1.82, 2.24) is 14.5 Å². The first kappa shape index (κ1) is 24.6. The molecule has 0 radical (unpaired) electrons. The third-order valence-electron chi connectivity index (χ3n) is 6.32. The fraction of sp³-hybridized carbons (Fsp3) is 0.375. The minimum atomic E-state index is -2.96. The summed E-state index contributed by atoms with van der Waals surface area (Å²) in [6, 6.07) is 5.25. The van der Waals surface area contributed by atoms with Gasteiger partial charge in [0.15, 0.2) is 18.2 Å². The zero-order valence-corrected chi connectivity index (χ0v) is 19.2. The van der Waals surface area contributed by atoms with Crippen molar-refractivity contribution in [2.75, 3.05) is 18.4 Å². The van der Waals surface area contributed by atoms with Crippen molar-refractivity contribution in [3.05, 3.63) is 82.7 Å². The molecule has 0 saturated carbocycles. The van der Waals surface area contributed by atoms with E-state index in [0.29, 0.717) is 21.7 Å². The number of hydrogen-bond donors (Lipinski definition) is 1. The summed E-state index contributed by atoms with van der Waals surface area (Å²) in [7, 11) is 0. The van der Waals surface area contributed by atoms with Crippen molar-refractivity contribution in [2.24, 2.45) is 0 Å². The smallest absolute Gasteiger partial charge is 0.257 e. The summed E-state index contributed by atoms with van der Waals surface area (Å²) < 4.78 is 58.4. The number of aryl methyl sites for hydroxylation is 1. The van der Waals surface area contributed by atoms with Crippen LogP contribution >= 0.6 is 0 Å². The zero-order valence-electron chi connectivity index (χ0n) is 19.2. The molecule has 7 nitrogen and oxygen atoms in total. The van der Waals surface area contributed by atoms with Crippen molar-refractivity contribution in [1.29, 1.82) is 0 Å². The molecule has 1 amide bonds. The minimum Gasteiger partial charge on any atom is -0.619 e. The minimum absolute atomic E-state index is 0.0328. The molecule has 1 aliphatic rings. The van der Waals surface area contributed by atoms with Crippen LogP contribution in [0.15, 0.2) is 48.9 Å². The average Bonchev–Trinajstić information content (AvgIpc) is 3.11. The van der Waals surface area contributed by atoms with Gasteiger partial charge in [0.1, 0.15) is 17.5 Å². The van der Waals surface area contributed by atoms with Gasteiger partial charge in [-0.2, -0.15) is 4.73 Å². The largest absolute Gasteiger partial charge is 0.619 e. The number of amides is 1. The van der Waals surface area contributed by atoms with Gasteiger partial charge in [0.2, 0.25) is 5.91 Å². The molecule has 1 N–H and O–H groups in total. The highest BCUT2D eigenvalue weighted by Crippen LogP contribution is 2.40. The van der Waals surface area contributed by atoms with Crippen LogP contribution in [0.5, 0.6) is 0 Å². The number of imidazole rings is 1. The van der Waals surface area contributed by atoms with Crippen molar-refractivity contribution in [3.63, 3.8) is 0 Å². The number of nitrogens with one attached hydrogen (secondary N) is 1. The molecule has 3 aromatic rings. The van der Waals surface area contributed by atoms with Crippen molar-refractivity contribution < 1.29 is 27.1 Å². The highest BCUT2D eigenvalue weighted by molar-refractivity contribution is 5.93. The molecule has 1 aliphatic heterocycles. The number of aromatic nitrogens is 3. The first-order valence-corrected chi connectivity index (χ1v) is 11.1. The van der Waals surface area contributed by atoms with Crippen molar-refractivity contribution in [3.8, 4) is 0 Å². The summed E-state index contributed by atoms with van der Waals surface area (Å²) in [6.45, 7) is 3.46. The third kappa shape index (κ3) is 5.61. The SMILES string of the molecule is Cc1nc(NC(=O)[C@@H](C)N2CCC(F)(F)[C@@H](c3cc[n+]([O-])cc3)C2)cn1Cc1cc(F)cc(F)c1. The Balaban J connectivity index is 1.43. The summed E-state index contributed by atoms with van der Waals surface area (Å²) >= 11 is 0. The van der Waals surface area contributed by atoms with Gasteiger partial charge >= 0.3 is 0 Å². The molecule has 2 atom stereocenters. The van der Waals surface area contributed by atoms with Gasteiger partial charge in [-0.3, -0.25) is 9.69 Å². The number of carbonyl (C=O) groups excluding carboxylic acids is 1. The summed E-state index contributed by atoms with van der Waals surface area (Å²) in [5, 5.41) is 14.0. The Labute approximate surface area is 199 Å². The van der Waals surface area contributed by atoms with E-state index in [1.54, 1.807) is 29.5 Å². The standard InChI is InChI=1S/C24H25F4N5O2/c1-15(31-8-5-24(27,28)21(13-31)18-3-6-33(35)7-4-18)23(34)30-22-14-32(16(2)29-22)12-17-9-19(25)11-20(26)10-17/h3-4,6-7,9-11,14-15,21H,5,8,12-13H2,1-2H3,(H,30,34)/t15-,21-/m1/s1.